The van der Waals surface area contributed by atoms with Gasteiger partial charge in [-0.3, -0.25) is 4.79 Å². The van der Waals surface area contributed by atoms with Gasteiger partial charge in [0.2, 0.25) is 0 Å². The van der Waals surface area contributed by atoms with Crippen LogP contribution in [-0.2, 0) is 0 Å². The number of likely N-dealkylation sites (N-methyl/N-ethyl adjacent to an activating group) is 1. The number of carbonyl (C=O) groups excluding carboxylic acids is 1. The molecule has 2 unspecified atom stereocenters. The summed E-state index contributed by atoms with van der Waals surface area (Å²) in [5, 5.41) is 5.71. The molecule has 3 aromatic heterocycles. The first kappa shape index (κ1) is 19.2. The van der Waals surface area contributed by atoms with E-state index in [1.165, 1.54) is 22.9 Å². The fourth-order valence-electron chi connectivity index (χ4n) is 3.45. The van der Waals surface area contributed by atoms with Gasteiger partial charge in [-0.2, -0.15) is 0 Å². The Bertz CT molecular complexity index is 1040. The molecule has 0 saturated carbocycles. The maximum atomic E-state index is 14.2. The van der Waals surface area contributed by atoms with Crippen LogP contribution in [0.1, 0.15) is 23.1 Å². The molecule has 3 aromatic rings. The van der Waals surface area contributed by atoms with E-state index in [0.717, 1.165) is 0 Å². The zero-order valence-electron chi connectivity index (χ0n) is 16.1. The summed E-state index contributed by atoms with van der Waals surface area (Å²) in [6.07, 6.45) is 5.02. The van der Waals surface area contributed by atoms with Crippen molar-refractivity contribution in [2.75, 3.05) is 29.9 Å². The van der Waals surface area contributed by atoms with E-state index in [0.29, 0.717) is 24.6 Å². The number of amides is 1. The summed E-state index contributed by atoms with van der Waals surface area (Å²) in [7, 11) is 0. The van der Waals surface area contributed by atoms with E-state index in [2.05, 4.69) is 25.6 Å². The number of carbonyl (C=O) groups is 1. The van der Waals surface area contributed by atoms with E-state index in [-0.39, 0.29) is 29.6 Å². The molecule has 1 fully saturated rings. The molecule has 29 heavy (non-hydrogen) atoms. The predicted octanol–water partition coefficient (Wildman–Crippen LogP) is 1.96. The SMILES string of the molecule is CCNC1CN(c2cnc(C(=O)Nc3cc(F)c4nc(C)cn4c3)cn2)CC1F. The third-order valence-corrected chi connectivity index (χ3v) is 4.79. The highest BCUT2D eigenvalue weighted by molar-refractivity contribution is 6.02. The minimum absolute atomic E-state index is 0.0790. The Balaban J connectivity index is 1.46. The van der Waals surface area contributed by atoms with Crippen LogP contribution in [0.4, 0.5) is 20.3 Å². The first-order chi connectivity index (χ1) is 13.9. The van der Waals surface area contributed by atoms with E-state index in [1.807, 2.05) is 6.92 Å². The van der Waals surface area contributed by atoms with Crippen LogP contribution in [0.3, 0.4) is 0 Å². The molecule has 1 saturated heterocycles. The Morgan fingerprint density at radius 1 is 1.28 bits per heavy atom. The number of halogens is 2. The molecule has 2 atom stereocenters. The number of nitrogens with zero attached hydrogens (tertiary/aromatic N) is 5. The van der Waals surface area contributed by atoms with Crippen molar-refractivity contribution in [2.24, 2.45) is 0 Å². The summed E-state index contributed by atoms with van der Waals surface area (Å²) in [6, 6.07) is 0.954. The average molecular weight is 401 g/mol. The lowest BCUT2D eigenvalue weighted by atomic mass is 10.2. The summed E-state index contributed by atoms with van der Waals surface area (Å²) in [6.45, 7) is 5.09. The number of imidazole rings is 1. The van der Waals surface area contributed by atoms with Crippen molar-refractivity contribution in [1.82, 2.24) is 24.7 Å². The Kier molecular flexibility index (Phi) is 5.10. The maximum Gasteiger partial charge on any atom is 0.275 e. The van der Waals surface area contributed by atoms with E-state index >= 15 is 0 Å². The van der Waals surface area contributed by atoms with Gasteiger partial charge in [0.25, 0.3) is 5.91 Å². The first-order valence-electron chi connectivity index (χ1n) is 9.35. The maximum absolute atomic E-state index is 14.2. The fraction of sp³-hybridized carbons (Fsp3) is 0.368. The van der Waals surface area contributed by atoms with Crippen LogP contribution < -0.4 is 15.5 Å². The van der Waals surface area contributed by atoms with E-state index in [9.17, 15) is 13.6 Å². The molecule has 152 valence electrons. The van der Waals surface area contributed by atoms with Gasteiger partial charge in [-0.25, -0.2) is 23.7 Å². The fourth-order valence-corrected chi connectivity index (χ4v) is 3.45. The lowest BCUT2D eigenvalue weighted by Crippen LogP contribution is -2.37. The lowest BCUT2D eigenvalue weighted by Gasteiger charge is -2.16. The minimum atomic E-state index is -0.989. The summed E-state index contributed by atoms with van der Waals surface area (Å²) < 4.78 is 29.7. The normalized spacial score (nSPS) is 19.1. The van der Waals surface area contributed by atoms with Crippen molar-refractivity contribution in [3.05, 3.63) is 48.1 Å². The van der Waals surface area contributed by atoms with Crippen LogP contribution in [-0.4, -0.2) is 57.1 Å². The molecular formula is C19H21F2N7O. The van der Waals surface area contributed by atoms with Gasteiger partial charge in [-0.15, -0.1) is 0 Å². The topological polar surface area (TPSA) is 87.5 Å². The van der Waals surface area contributed by atoms with Gasteiger partial charge < -0.3 is 19.9 Å². The molecule has 1 aliphatic heterocycles. The monoisotopic (exact) mass is 401 g/mol. The second-order valence-corrected chi connectivity index (χ2v) is 6.99. The zero-order chi connectivity index (χ0) is 20.5. The van der Waals surface area contributed by atoms with Crippen LogP contribution in [0.25, 0.3) is 5.65 Å². The molecule has 0 aromatic carbocycles. The van der Waals surface area contributed by atoms with Gasteiger partial charge in [0.15, 0.2) is 11.5 Å². The number of hydrogen-bond donors (Lipinski definition) is 2. The van der Waals surface area contributed by atoms with Crippen molar-refractivity contribution < 1.29 is 13.6 Å². The molecule has 0 bridgehead atoms. The number of anilines is 2. The highest BCUT2D eigenvalue weighted by Gasteiger charge is 2.33. The molecular weight excluding hydrogens is 380 g/mol. The quantitative estimate of drug-likeness (QED) is 0.680. The van der Waals surface area contributed by atoms with Gasteiger partial charge in [0.05, 0.1) is 36.4 Å². The minimum Gasteiger partial charge on any atom is -0.351 e. The van der Waals surface area contributed by atoms with Crippen LogP contribution in [0, 0.1) is 12.7 Å². The van der Waals surface area contributed by atoms with Crippen LogP contribution in [0.15, 0.2) is 30.9 Å². The average Bonchev–Trinajstić information content (AvgIpc) is 3.25. The van der Waals surface area contributed by atoms with Gasteiger partial charge >= 0.3 is 0 Å². The van der Waals surface area contributed by atoms with Crippen molar-refractivity contribution in [3.63, 3.8) is 0 Å². The number of alkyl halides is 1. The Labute approximate surface area is 166 Å². The summed E-state index contributed by atoms with van der Waals surface area (Å²) >= 11 is 0. The lowest BCUT2D eigenvalue weighted by molar-refractivity contribution is 0.102. The molecule has 0 spiro atoms. The van der Waals surface area contributed by atoms with E-state index in [1.54, 1.807) is 24.2 Å². The Morgan fingerprint density at radius 3 is 2.83 bits per heavy atom. The molecule has 1 aliphatic rings. The van der Waals surface area contributed by atoms with Crippen molar-refractivity contribution in [1.29, 1.82) is 0 Å². The zero-order valence-corrected chi connectivity index (χ0v) is 16.1. The van der Waals surface area contributed by atoms with Crippen molar-refractivity contribution in [3.8, 4) is 0 Å². The molecule has 2 N–H and O–H groups in total. The van der Waals surface area contributed by atoms with Gasteiger partial charge in [-0.05, 0) is 13.5 Å². The van der Waals surface area contributed by atoms with Gasteiger partial charge in [0, 0.05) is 25.0 Å². The molecule has 1 amide bonds. The van der Waals surface area contributed by atoms with Crippen molar-refractivity contribution >= 4 is 23.1 Å². The molecule has 10 heteroatoms. The smallest absolute Gasteiger partial charge is 0.275 e. The van der Waals surface area contributed by atoms with E-state index < -0.39 is 17.9 Å². The Morgan fingerprint density at radius 2 is 2.10 bits per heavy atom. The standard InChI is InChI=1S/C19H21F2N7O/c1-3-22-16-10-27(9-14(16)21)17-6-23-15(5-24-17)19(29)26-12-4-13(20)18-25-11(2)7-28(18)8-12/h4-8,14,16,22H,3,9-10H2,1-2H3,(H,26,29). The Hall–Kier alpha value is -3.14. The third kappa shape index (κ3) is 3.88. The second kappa shape index (κ2) is 7.70. The number of aryl methyl sites for hydroxylation is 1. The summed E-state index contributed by atoms with van der Waals surface area (Å²) in [5.41, 5.74) is 1.21. The number of pyridine rings is 1. The largest absolute Gasteiger partial charge is 0.351 e. The highest BCUT2D eigenvalue weighted by Crippen LogP contribution is 2.20. The molecule has 8 nitrogen and oxygen atoms in total. The number of hydrogen-bond acceptors (Lipinski definition) is 6. The molecule has 0 radical (unpaired) electrons. The van der Waals surface area contributed by atoms with Crippen molar-refractivity contribution in [2.45, 2.75) is 26.1 Å². The molecule has 4 heterocycles. The highest BCUT2D eigenvalue weighted by atomic mass is 19.1. The van der Waals surface area contributed by atoms with Crippen LogP contribution in [0.2, 0.25) is 0 Å². The summed E-state index contributed by atoms with van der Waals surface area (Å²) in [5.74, 6) is -0.553. The predicted molar refractivity (Wildman–Crippen MR) is 104 cm³/mol. The van der Waals surface area contributed by atoms with Crippen LogP contribution in [0.5, 0.6) is 0 Å². The van der Waals surface area contributed by atoms with Gasteiger partial charge in [0.1, 0.15) is 17.7 Å². The molecule has 4 rings (SSSR count). The van der Waals surface area contributed by atoms with E-state index in [4.69, 9.17) is 0 Å². The summed E-state index contributed by atoms with van der Waals surface area (Å²) in [4.78, 5) is 26.7. The number of rotatable bonds is 5. The molecule has 0 aliphatic carbocycles. The second-order valence-electron chi connectivity index (χ2n) is 6.99. The number of nitrogens with one attached hydrogen (secondary N) is 2. The first-order valence-corrected chi connectivity index (χ1v) is 9.35. The van der Waals surface area contributed by atoms with Gasteiger partial charge in [-0.1, -0.05) is 6.92 Å². The third-order valence-electron chi connectivity index (χ3n) is 4.79. The number of fused-ring (bicyclic) bond motifs is 1. The van der Waals surface area contributed by atoms with Crippen LogP contribution >= 0.6 is 0 Å². The number of aromatic nitrogens is 4.